The number of carbonyl (C=O) groups is 3. The third kappa shape index (κ3) is 62.4. The molecule has 0 bridgehead atoms. The predicted octanol–water partition coefficient (Wildman–Crippen LogP) is 22.8. The molecule has 0 heterocycles. The molecule has 6 heteroatoms. The molecular weight excluding hydrogens is 925 g/mol. The van der Waals surface area contributed by atoms with Gasteiger partial charge in [0.1, 0.15) is 13.2 Å². The van der Waals surface area contributed by atoms with E-state index in [1.165, 1.54) is 238 Å². The Hall–Kier alpha value is -2.37. The summed E-state index contributed by atoms with van der Waals surface area (Å²) in [6, 6.07) is 0. The molecule has 0 saturated carbocycles. The summed E-state index contributed by atoms with van der Waals surface area (Å²) in [7, 11) is 0. The van der Waals surface area contributed by atoms with Crippen LogP contribution in [0.3, 0.4) is 0 Å². The molecule has 0 fully saturated rings. The van der Waals surface area contributed by atoms with Crippen molar-refractivity contribution in [2.75, 3.05) is 13.2 Å². The fourth-order valence-corrected chi connectivity index (χ4v) is 10.0. The van der Waals surface area contributed by atoms with Gasteiger partial charge in [0.2, 0.25) is 0 Å². The van der Waals surface area contributed by atoms with Crippen LogP contribution in [0.2, 0.25) is 0 Å². The maximum atomic E-state index is 12.9. The molecule has 1 atom stereocenters. The summed E-state index contributed by atoms with van der Waals surface area (Å²) in [5.74, 6) is -0.881. The van der Waals surface area contributed by atoms with Crippen molar-refractivity contribution in [1.29, 1.82) is 0 Å². The van der Waals surface area contributed by atoms with Crippen LogP contribution in [0.25, 0.3) is 0 Å². The average Bonchev–Trinajstić information content (AvgIpc) is 3.41. The van der Waals surface area contributed by atoms with E-state index in [9.17, 15) is 14.4 Å². The van der Waals surface area contributed by atoms with Crippen molar-refractivity contribution in [1.82, 2.24) is 0 Å². The lowest BCUT2D eigenvalue weighted by Gasteiger charge is -2.18. The van der Waals surface area contributed by atoms with Crippen LogP contribution in [0.1, 0.15) is 367 Å². The fraction of sp³-hybridized carbons (Fsp3) is 0.870. The van der Waals surface area contributed by atoms with Crippen LogP contribution in [0.4, 0.5) is 0 Å². The minimum Gasteiger partial charge on any atom is -0.462 e. The lowest BCUT2D eigenvalue weighted by molar-refractivity contribution is -0.167. The van der Waals surface area contributed by atoms with E-state index in [-0.39, 0.29) is 31.1 Å². The zero-order chi connectivity index (χ0) is 54.3. The molecule has 1 unspecified atom stereocenters. The first-order valence-electron chi connectivity index (χ1n) is 33.5. The molecule has 440 valence electrons. The second-order valence-corrected chi connectivity index (χ2v) is 22.7. The Morgan fingerprint density at radius 2 is 0.493 bits per heavy atom. The zero-order valence-corrected chi connectivity index (χ0v) is 50.6. The maximum Gasteiger partial charge on any atom is 0.306 e. The highest BCUT2D eigenvalue weighted by Crippen LogP contribution is 2.18. The molecule has 75 heavy (non-hydrogen) atoms. The molecule has 0 spiro atoms. The van der Waals surface area contributed by atoms with Gasteiger partial charge >= 0.3 is 17.9 Å². The molecule has 0 aliphatic carbocycles. The van der Waals surface area contributed by atoms with Gasteiger partial charge in [-0.05, 0) is 70.6 Å². The Morgan fingerprint density at radius 3 is 0.813 bits per heavy atom. The van der Waals surface area contributed by atoms with Gasteiger partial charge in [-0.25, -0.2) is 0 Å². The maximum absolute atomic E-state index is 12.9. The molecule has 0 radical (unpaired) electrons. The molecule has 0 rings (SSSR count). The van der Waals surface area contributed by atoms with Gasteiger partial charge in [-0.2, -0.15) is 0 Å². The van der Waals surface area contributed by atoms with Crippen LogP contribution in [0, 0.1) is 0 Å². The highest BCUT2D eigenvalue weighted by Gasteiger charge is 2.19. The highest BCUT2D eigenvalue weighted by molar-refractivity contribution is 5.71. The van der Waals surface area contributed by atoms with Crippen molar-refractivity contribution < 1.29 is 28.6 Å². The number of rotatable bonds is 62. The number of unbranched alkanes of at least 4 members (excludes halogenated alkanes) is 45. The first-order valence-corrected chi connectivity index (χ1v) is 33.5. The van der Waals surface area contributed by atoms with Crippen LogP contribution in [-0.4, -0.2) is 37.2 Å². The van der Waals surface area contributed by atoms with Crippen LogP contribution in [-0.2, 0) is 28.6 Å². The quantitative estimate of drug-likeness (QED) is 0.0261. The van der Waals surface area contributed by atoms with Crippen LogP contribution < -0.4 is 0 Å². The summed E-state index contributed by atoms with van der Waals surface area (Å²) in [5.41, 5.74) is 0. The summed E-state index contributed by atoms with van der Waals surface area (Å²) in [6.45, 7) is 6.61. The Bertz CT molecular complexity index is 1250. The normalized spacial score (nSPS) is 12.2. The number of hydrogen-bond acceptors (Lipinski definition) is 6. The largest absolute Gasteiger partial charge is 0.462 e. The SMILES string of the molecule is CCCC/C=C\C/C=C\CCCCCCCC(=O)OC(COC(=O)CCCCCCC/C=C\CCCCC)COC(=O)CCCCCCCCCCCCCCCCCCCCCCCCCCCCCCCCC. The number of carbonyl (C=O) groups excluding carboxylic acids is 3. The van der Waals surface area contributed by atoms with E-state index in [4.69, 9.17) is 14.2 Å². The van der Waals surface area contributed by atoms with Crippen LogP contribution in [0.5, 0.6) is 0 Å². The molecule has 0 aliphatic rings. The van der Waals surface area contributed by atoms with Crippen molar-refractivity contribution in [3.63, 3.8) is 0 Å². The monoisotopic (exact) mass is 1050 g/mol. The average molecular weight is 1050 g/mol. The molecule has 0 aromatic heterocycles. The third-order valence-corrected chi connectivity index (χ3v) is 15.1. The highest BCUT2D eigenvalue weighted by atomic mass is 16.6. The van der Waals surface area contributed by atoms with Gasteiger partial charge < -0.3 is 14.2 Å². The molecule has 0 saturated heterocycles. The molecule has 0 aromatic carbocycles. The van der Waals surface area contributed by atoms with E-state index in [2.05, 4.69) is 57.2 Å². The van der Waals surface area contributed by atoms with E-state index in [0.717, 1.165) is 89.9 Å². The topological polar surface area (TPSA) is 78.9 Å². The minimum absolute atomic E-state index is 0.0768. The Kier molecular flexibility index (Phi) is 62.1. The fourth-order valence-electron chi connectivity index (χ4n) is 10.0. The minimum atomic E-state index is -0.781. The molecule has 6 nitrogen and oxygen atoms in total. The zero-order valence-electron chi connectivity index (χ0n) is 50.6. The second kappa shape index (κ2) is 64.2. The predicted molar refractivity (Wildman–Crippen MR) is 326 cm³/mol. The van der Waals surface area contributed by atoms with Gasteiger partial charge in [-0.1, -0.05) is 314 Å². The third-order valence-electron chi connectivity index (χ3n) is 15.1. The van der Waals surface area contributed by atoms with E-state index in [0.29, 0.717) is 19.3 Å². The summed E-state index contributed by atoms with van der Waals surface area (Å²) in [5, 5.41) is 0. The number of allylic oxidation sites excluding steroid dienone is 6. The molecule has 0 amide bonds. The smallest absolute Gasteiger partial charge is 0.306 e. The number of esters is 3. The Balaban J connectivity index is 4.08. The lowest BCUT2D eigenvalue weighted by Crippen LogP contribution is -2.30. The van der Waals surface area contributed by atoms with Crippen molar-refractivity contribution in [2.24, 2.45) is 0 Å². The first kappa shape index (κ1) is 72.6. The molecule has 0 N–H and O–H groups in total. The number of hydrogen-bond donors (Lipinski definition) is 0. The standard InChI is InChI=1S/C69H128O6/c1-4-7-10-13-16-19-22-25-27-28-29-30-31-32-33-34-35-36-37-38-39-40-41-42-43-45-47-50-53-56-59-62-68(71)74-65-66(64-73-67(70)61-58-55-52-49-46-24-21-18-15-12-9-6-3)75-69(72)63-60-57-54-51-48-44-26-23-20-17-14-11-8-5-2/h14,17-18,21,23,26,66H,4-13,15-16,19-20,22,24-25,27-65H2,1-3H3/b17-14-,21-18-,26-23-. The van der Waals surface area contributed by atoms with E-state index < -0.39 is 6.10 Å². The second-order valence-electron chi connectivity index (χ2n) is 22.7. The van der Waals surface area contributed by atoms with E-state index in [1.807, 2.05) is 0 Å². The van der Waals surface area contributed by atoms with Crippen molar-refractivity contribution in [3.8, 4) is 0 Å². The van der Waals surface area contributed by atoms with E-state index >= 15 is 0 Å². The molecule has 0 aliphatic heterocycles. The summed E-state index contributed by atoms with van der Waals surface area (Å²) in [6.07, 6.45) is 79.0. The van der Waals surface area contributed by atoms with Gasteiger partial charge in [-0.3, -0.25) is 14.4 Å². The lowest BCUT2D eigenvalue weighted by atomic mass is 10.0. The molecule has 0 aromatic rings. The van der Waals surface area contributed by atoms with Crippen molar-refractivity contribution in [3.05, 3.63) is 36.5 Å². The summed E-state index contributed by atoms with van der Waals surface area (Å²) >= 11 is 0. The Morgan fingerprint density at radius 1 is 0.267 bits per heavy atom. The van der Waals surface area contributed by atoms with Gasteiger partial charge in [0.05, 0.1) is 0 Å². The van der Waals surface area contributed by atoms with Gasteiger partial charge in [0.15, 0.2) is 6.10 Å². The summed E-state index contributed by atoms with van der Waals surface area (Å²) < 4.78 is 16.9. The van der Waals surface area contributed by atoms with Crippen LogP contribution in [0.15, 0.2) is 36.5 Å². The van der Waals surface area contributed by atoms with Crippen LogP contribution >= 0.6 is 0 Å². The first-order chi connectivity index (χ1) is 37.0. The summed E-state index contributed by atoms with van der Waals surface area (Å²) in [4.78, 5) is 38.2. The molecular formula is C69H128O6. The van der Waals surface area contributed by atoms with Gasteiger partial charge in [-0.15, -0.1) is 0 Å². The van der Waals surface area contributed by atoms with Crippen molar-refractivity contribution >= 4 is 17.9 Å². The Labute approximate surface area is 467 Å². The van der Waals surface area contributed by atoms with Crippen molar-refractivity contribution in [2.45, 2.75) is 374 Å². The van der Waals surface area contributed by atoms with E-state index in [1.54, 1.807) is 0 Å². The number of ether oxygens (including phenoxy) is 3. The van der Waals surface area contributed by atoms with Gasteiger partial charge in [0.25, 0.3) is 0 Å². The van der Waals surface area contributed by atoms with Gasteiger partial charge in [0, 0.05) is 19.3 Å².